The summed E-state index contributed by atoms with van der Waals surface area (Å²) in [6, 6.07) is 27.7. The molecule has 2 N–H and O–H groups in total. The summed E-state index contributed by atoms with van der Waals surface area (Å²) in [5.74, 6) is 0.318. The standard InChI is InChI=1S/C35H29NO/c1-2-3-4-10-21-35(31-15-7-8-16-33(31)37)32-23-26(27-13-9-11-22-36-24-27)18-19-29(32)30-20-17-25-12-5-6-14-28(25)34(30)35/h2-20,22-24,36-37H,21H2,1H3/b3-2-,10-4-. The maximum absolute atomic E-state index is 11.3. The monoisotopic (exact) mass is 479 g/mol. The molecule has 2 nitrogen and oxygen atoms in total. The molecule has 4 aromatic carbocycles. The number of para-hydroxylation sites is 1. The van der Waals surface area contributed by atoms with Crippen molar-refractivity contribution in [1.82, 2.24) is 5.32 Å². The van der Waals surface area contributed by atoms with E-state index in [2.05, 4.69) is 96.4 Å². The van der Waals surface area contributed by atoms with E-state index >= 15 is 0 Å². The lowest BCUT2D eigenvalue weighted by atomic mass is 9.68. The zero-order chi connectivity index (χ0) is 25.2. The number of phenols is 1. The Bertz CT molecular complexity index is 1650. The summed E-state index contributed by atoms with van der Waals surface area (Å²) in [5, 5.41) is 17.0. The fraction of sp³-hybridized carbons (Fsp3) is 0.0857. The van der Waals surface area contributed by atoms with Gasteiger partial charge >= 0.3 is 0 Å². The second-order valence-corrected chi connectivity index (χ2v) is 9.53. The molecule has 2 heteroatoms. The van der Waals surface area contributed by atoms with Gasteiger partial charge in [-0.2, -0.15) is 0 Å². The number of benzene rings is 4. The van der Waals surface area contributed by atoms with Gasteiger partial charge in [0.2, 0.25) is 0 Å². The van der Waals surface area contributed by atoms with Gasteiger partial charge in [-0.05, 0) is 75.7 Å². The second-order valence-electron chi connectivity index (χ2n) is 9.53. The number of aromatic hydroxyl groups is 1. The molecule has 1 heterocycles. The second kappa shape index (κ2) is 9.48. The summed E-state index contributed by atoms with van der Waals surface area (Å²) in [5.41, 5.74) is 7.56. The third-order valence-corrected chi connectivity index (χ3v) is 7.50. The molecule has 0 radical (unpaired) electrons. The number of hydrogen-bond donors (Lipinski definition) is 2. The first-order valence-corrected chi connectivity index (χ1v) is 12.8. The largest absolute Gasteiger partial charge is 0.508 e. The zero-order valence-corrected chi connectivity index (χ0v) is 20.9. The van der Waals surface area contributed by atoms with Crippen molar-refractivity contribution >= 4 is 16.3 Å². The maximum atomic E-state index is 11.3. The summed E-state index contributed by atoms with van der Waals surface area (Å²) in [7, 11) is 0. The highest BCUT2D eigenvalue weighted by molar-refractivity contribution is 5.99. The van der Waals surface area contributed by atoms with Gasteiger partial charge < -0.3 is 10.4 Å². The first kappa shape index (κ1) is 22.9. The van der Waals surface area contributed by atoms with Crippen molar-refractivity contribution in [3.63, 3.8) is 0 Å². The van der Waals surface area contributed by atoms with Crippen LogP contribution in [0.4, 0.5) is 0 Å². The van der Waals surface area contributed by atoms with Crippen LogP contribution in [0.5, 0.6) is 5.75 Å². The number of fused-ring (bicyclic) bond motifs is 5. The highest BCUT2D eigenvalue weighted by Crippen LogP contribution is 2.58. The lowest BCUT2D eigenvalue weighted by molar-refractivity contribution is 0.455. The SMILES string of the molecule is C/C=C\C=C/CC1(c2ccccc2O)c2cc(C3=CNC=CC=C3)ccc2-c2ccc3ccccc3c21. The Balaban J connectivity index is 1.71. The summed E-state index contributed by atoms with van der Waals surface area (Å²) in [6.07, 6.45) is 19.3. The molecule has 6 rings (SSSR count). The Morgan fingerprint density at radius 1 is 0.838 bits per heavy atom. The number of phenolic OH excluding ortho intramolecular Hbond substituents is 1. The van der Waals surface area contributed by atoms with Crippen molar-refractivity contribution in [3.05, 3.63) is 156 Å². The molecule has 180 valence electrons. The number of nitrogens with one attached hydrogen (secondary N) is 1. The maximum Gasteiger partial charge on any atom is 0.120 e. The Labute approximate surface area is 218 Å². The zero-order valence-electron chi connectivity index (χ0n) is 20.9. The van der Waals surface area contributed by atoms with Gasteiger partial charge in [0, 0.05) is 18.0 Å². The van der Waals surface area contributed by atoms with Crippen LogP contribution >= 0.6 is 0 Å². The van der Waals surface area contributed by atoms with E-state index in [-0.39, 0.29) is 0 Å². The quantitative estimate of drug-likeness (QED) is 0.282. The fourth-order valence-electron chi connectivity index (χ4n) is 5.91. The van der Waals surface area contributed by atoms with Gasteiger partial charge in [0.15, 0.2) is 0 Å². The smallest absolute Gasteiger partial charge is 0.120 e. The molecule has 0 saturated heterocycles. The van der Waals surface area contributed by atoms with E-state index in [9.17, 15) is 5.11 Å². The number of hydrogen-bond acceptors (Lipinski definition) is 2. The Morgan fingerprint density at radius 2 is 1.68 bits per heavy atom. The summed E-state index contributed by atoms with van der Waals surface area (Å²) >= 11 is 0. The van der Waals surface area contributed by atoms with Crippen LogP contribution in [0.3, 0.4) is 0 Å². The molecular formula is C35H29NO. The molecule has 0 saturated carbocycles. The van der Waals surface area contributed by atoms with Gasteiger partial charge in [0.25, 0.3) is 0 Å². The van der Waals surface area contributed by atoms with E-state index in [4.69, 9.17) is 0 Å². The average molecular weight is 480 g/mol. The third-order valence-electron chi connectivity index (χ3n) is 7.50. The highest BCUT2D eigenvalue weighted by Gasteiger charge is 2.46. The molecule has 0 bridgehead atoms. The van der Waals surface area contributed by atoms with Crippen molar-refractivity contribution in [2.45, 2.75) is 18.8 Å². The van der Waals surface area contributed by atoms with E-state index in [0.29, 0.717) is 5.75 Å². The van der Waals surface area contributed by atoms with Gasteiger partial charge in [-0.25, -0.2) is 0 Å². The predicted octanol–water partition coefficient (Wildman–Crippen LogP) is 8.40. The molecule has 0 fully saturated rings. The van der Waals surface area contributed by atoms with Gasteiger partial charge in [0.05, 0.1) is 5.41 Å². The van der Waals surface area contributed by atoms with Crippen LogP contribution in [0.1, 0.15) is 35.6 Å². The van der Waals surface area contributed by atoms with Crippen LogP contribution in [0.2, 0.25) is 0 Å². The van der Waals surface area contributed by atoms with Crippen molar-refractivity contribution in [3.8, 4) is 16.9 Å². The summed E-state index contributed by atoms with van der Waals surface area (Å²) < 4.78 is 0. The van der Waals surface area contributed by atoms with Crippen LogP contribution < -0.4 is 5.32 Å². The Hall–Kier alpha value is -4.56. The molecule has 2 aliphatic rings. The predicted molar refractivity (Wildman–Crippen MR) is 155 cm³/mol. The minimum Gasteiger partial charge on any atom is -0.508 e. The lowest BCUT2D eigenvalue weighted by Crippen LogP contribution is -2.27. The van der Waals surface area contributed by atoms with E-state index in [1.54, 1.807) is 0 Å². The van der Waals surface area contributed by atoms with Gasteiger partial charge in [-0.1, -0.05) is 103 Å². The minimum atomic E-state index is -0.550. The topological polar surface area (TPSA) is 32.3 Å². The van der Waals surface area contributed by atoms with E-state index in [0.717, 1.165) is 23.1 Å². The van der Waals surface area contributed by atoms with Crippen LogP contribution in [0.25, 0.3) is 27.5 Å². The molecule has 1 aliphatic heterocycles. The van der Waals surface area contributed by atoms with Crippen molar-refractivity contribution in [2.24, 2.45) is 0 Å². The van der Waals surface area contributed by atoms with Crippen molar-refractivity contribution in [2.75, 3.05) is 0 Å². The van der Waals surface area contributed by atoms with Crippen LogP contribution in [-0.2, 0) is 5.41 Å². The lowest BCUT2D eigenvalue weighted by Gasteiger charge is -2.33. The highest BCUT2D eigenvalue weighted by atomic mass is 16.3. The minimum absolute atomic E-state index is 0.318. The van der Waals surface area contributed by atoms with Gasteiger partial charge in [-0.3, -0.25) is 0 Å². The third kappa shape index (κ3) is 3.73. The van der Waals surface area contributed by atoms with Crippen molar-refractivity contribution < 1.29 is 5.11 Å². The molecule has 0 aromatic heterocycles. The average Bonchev–Trinajstić information content (AvgIpc) is 3.06. The van der Waals surface area contributed by atoms with Crippen molar-refractivity contribution in [1.29, 1.82) is 0 Å². The molecule has 1 unspecified atom stereocenters. The summed E-state index contributed by atoms with van der Waals surface area (Å²) in [4.78, 5) is 0. The molecule has 1 atom stereocenters. The molecule has 4 aromatic rings. The van der Waals surface area contributed by atoms with Crippen LogP contribution in [-0.4, -0.2) is 5.11 Å². The molecule has 37 heavy (non-hydrogen) atoms. The first-order valence-electron chi connectivity index (χ1n) is 12.8. The molecular weight excluding hydrogens is 450 g/mol. The number of rotatable bonds is 5. The molecule has 0 amide bonds. The normalized spacial score (nSPS) is 18.1. The Morgan fingerprint density at radius 3 is 2.57 bits per heavy atom. The van der Waals surface area contributed by atoms with Crippen LogP contribution in [0, 0.1) is 0 Å². The first-order chi connectivity index (χ1) is 18.2. The summed E-state index contributed by atoms with van der Waals surface area (Å²) in [6.45, 7) is 2.03. The molecule has 0 spiro atoms. The molecule has 1 aliphatic carbocycles. The van der Waals surface area contributed by atoms with E-state index < -0.39 is 5.41 Å². The van der Waals surface area contributed by atoms with Crippen LogP contribution in [0.15, 0.2) is 134 Å². The Kier molecular flexibility index (Phi) is 5.86. The van der Waals surface area contributed by atoms with Gasteiger partial charge in [0.1, 0.15) is 5.75 Å². The van der Waals surface area contributed by atoms with E-state index in [1.165, 1.54) is 33.0 Å². The fourth-order valence-corrected chi connectivity index (χ4v) is 5.91. The van der Waals surface area contributed by atoms with E-state index in [1.807, 2.05) is 49.7 Å². The number of allylic oxidation sites excluding steroid dienone is 8. The van der Waals surface area contributed by atoms with Gasteiger partial charge in [-0.15, -0.1) is 0 Å².